The summed E-state index contributed by atoms with van der Waals surface area (Å²) in [5.74, 6) is 0.956. The second-order valence-corrected chi connectivity index (χ2v) is 11.8. The molecule has 2 unspecified atom stereocenters. The number of hydrogen-bond acceptors (Lipinski definition) is 5. The van der Waals surface area contributed by atoms with Crippen LogP contribution in [0.2, 0.25) is 0 Å². The maximum absolute atomic E-state index is 13.1. The summed E-state index contributed by atoms with van der Waals surface area (Å²) in [5, 5.41) is 0. The van der Waals surface area contributed by atoms with Gasteiger partial charge in [0.25, 0.3) is 5.91 Å². The number of aromatic nitrogens is 1. The van der Waals surface area contributed by atoms with Crippen molar-refractivity contribution in [1.29, 1.82) is 0 Å². The number of amides is 1. The van der Waals surface area contributed by atoms with E-state index in [1.54, 1.807) is 11.4 Å². The Balaban J connectivity index is 1.64. The lowest BCUT2D eigenvalue weighted by Crippen LogP contribution is -2.42. The van der Waals surface area contributed by atoms with Crippen LogP contribution in [-0.4, -0.2) is 43.4 Å². The highest BCUT2D eigenvalue weighted by atomic mass is 32.2. The van der Waals surface area contributed by atoms with Gasteiger partial charge in [0.1, 0.15) is 11.3 Å². The molecular formula is C24H29N3O4S2. The van der Waals surface area contributed by atoms with E-state index in [9.17, 15) is 13.2 Å². The molecule has 4 rings (SSSR count). The van der Waals surface area contributed by atoms with E-state index in [1.165, 1.54) is 35.6 Å². The molecule has 0 bridgehead atoms. The second kappa shape index (κ2) is 9.04. The van der Waals surface area contributed by atoms with Gasteiger partial charge in [-0.3, -0.25) is 4.79 Å². The van der Waals surface area contributed by atoms with Crippen LogP contribution in [-0.2, 0) is 17.1 Å². The third-order valence-electron chi connectivity index (χ3n) is 6.10. The summed E-state index contributed by atoms with van der Waals surface area (Å²) in [6.45, 7) is 7.20. The van der Waals surface area contributed by atoms with Crippen molar-refractivity contribution in [3.63, 3.8) is 0 Å². The summed E-state index contributed by atoms with van der Waals surface area (Å²) in [6.07, 6.45) is 1.03. The second-order valence-electron chi connectivity index (χ2n) is 8.92. The number of piperidine rings is 1. The third-order valence-corrected chi connectivity index (χ3v) is 9.21. The smallest absolute Gasteiger partial charge is 0.279 e. The average Bonchev–Trinajstić information content (AvgIpc) is 3.10. The Morgan fingerprint density at radius 2 is 1.73 bits per heavy atom. The largest absolute Gasteiger partial charge is 0.495 e. The minimum absolute atomic E-state index is 0.202. The fraction of sp³-hybridized carbons (Fsp3) is 0.417. The normalized spacial score (nSPS) is 20.3. The SMILES string of the molecule is COc1ccc(C)c2sc(=NC(=O)c3ccc(S(=O)(=O)N4CC(C)CC(C)C4)cc3)n(C)c12. The zero-order valence-electron chi connectivity index (χ0n) is 19.5. The first-order valence-corrected chi connectivity index (χ1v) is 13.2. The molecule has 0 aliphatic carbocycles. The van der Waals surface area contributed by atoms with Crippen LogP contribution in [0.4, 0.5) is 0 Å². The van der Waals surface area contributed by atoms with Crippen LogP contribution in [0.25, 0.3) is 10.2 Å². The first kappa shape index (κ1) is 23.7. The van der Waals surface area contributed by atoms with Gasteiger partial charge < -0.3 is 9.30 Å². The van der Waals surface area contributed by atoms with Crippen LogP contribution in [0.3, 0.4) is 0 Å². The van der Waals surface area contributed by atoms with Crippen LogP contribution >= 0.6 is 11.3 Å². The van der Waals surface area contributed by atoms with Gasteiger partial charge in [0.2, 0.25) is 10.0 Å². The first-order chi connectivity index (χ1) is 15.6. The summed E-state index contributed by atoms with van der Waals surface area (Å²) in [6, 6.07) is 9.95. The Labute approximate surface area is 198 Å². The van der Waals surface area contributed by atoms with Gasteiger partial charge in [-0.05, 0) is 61.1 Å². The van der Waals surface area contributed by atoms with E-state index in [1.807, 2.05) is 30.7 Å². The quantitative estimate of drug-likeness (QED) is 0.558. The minimum Gasteiger partial charge on any atom is -0.495 e. The van der Waals surface area contributed by atoms with Gasteiger partial charge in [-0.1, -0.05) is 31.3 Å². The maximum atomic E-state index is 13.1. The molecule has 0 radical (unpaired) electrons. The number of methoxy groups -OCH3 is 1. The predicted molar refractivity (Wildman–Crippen MR) is 130 cm³/mol. The molecule has 9 heteroatoms. The van der Waals surface area contributed by atoms with Gasteiger partial charge in [0.15, 0.2) is 4.80 Å². The molecule has 1 fully saturated rings. The third kappa shape index (κ3) is 4.49. The molecule has 33 heavy (non-hydrogen) atoms. The molecule has 7 nitrogen and oxygen atoms in total. The lowest BCUT2D eigenvalue weighted by molar-refractivity contribution is 0.0998. The van der Waals surface area contributed by atoms with Crippen molar-refractivity contribution in [2.75, 3.05) is 20.2 Å². The number of hydrogen-bond donors (Lipinski definition) is 0. The number of aryl methyl sites for hydroxylation is 2. The van der Waals surface area contributed by atoms with Gasteiger partial charge in [0, 0.05) is 25.7 Å². The van der Waals surface area contributed by atoms with E-state index >= 15 is 0 Å². The molecule has 3 aromatic rings. The number of ether oxygens (including phenoxy) is 1. The highest BCUT2D eigenvalue weighted by Crippen LogP contribution is 2.30. The lowest BCUT2D eigenvalue weighted by atomic mass is 9.94. The number of rotatable bonds is 4. The predicted octanol–water partition coefficient (Wildman–Crippen LogP) is 3.96. The fourth-order valence-electron chi connectivity index (χ4n) is 4.49. The molecule has 176 valence electrons. The minimum atomic E-state index is -3.59. The molecule has 1 aliphatic heterocycles. The van der Waals surface area contributed by atoms with Gasteiger partial charge in [-0.15, -0.1) is 0 Å². The molecule has 2 atom stereocenters. The van der Waals surface area contributed by atoms with Crippen LogP contribution in [0.5, 0.6) is 5.75 Å². The average molecular weight is 488 g/mol. The van der Waals surface area contributed by atoms with Crippen molar-refractivity contribution in [2.24, 2.45) is 23.9 Å². The van der Waals surface area contributed by atoms with E-state index in [0.29, 0.717) is 35.3 Å². The maximum Gasteiger partial charge on any atom is 0.279 e. The van der Waals surface area contributed by atoms with Crippen LogP contribution in [0.1, 0.15) is 36.2 Å². The van der Waals surface area contributed by atoms with Gasteiger partial charge in [0.05, 0.1) is 16.7 Å². The molecule has 1 amide bonds. The number of nitrogens with zero attached hydrogens (tertiary/aromatic N) is 3. The van der Waals surface area contributed by atoms with E-state index in [4.69, 9.17) is 4.74 Å². The molecule has 0 spiro atoms. The van der Waals surface area contributed by atoms with Crippen molar-refractivity contribution in [1.82, 2.24) is 8.87 Å². The first-order valence-electron chi connectivity index (χ1n) is 10.9. The van der Waals surface area contributed by atoms with Gasteiger partial charge in [-0.25, -0.2) is 8.42 Å². The molecule has 0 saturated carbocycles. The summed E-state index contributed by atoms with van der Waals surface area (Å²) in [5.41, 5.74) is 2.31. The number of fused-ring (bicyclic) bond motifs is 1. The van der Waals surface area contributed by atoms with Crippen LogP contribution in [0, 0.1) is 18.8 Å². The lowest BCUT2D eigenvalue weighted by Gasteiger charge is -2.34. The number of carbonyl (C=O) groups is 1. The molecule has 1 aliphatic rings. The number of sulfonamides is 1. The highest BCUT2D eigenvalue weighted by molar-refractivity contribution is 7.89. The highest BCUT2D eigenvalue weighted by Gasteiger charge is 2.31. The molecule has 1 aromatic heterocycles. The zero-order valence-corrected chi connectivity index (χ0v) is 21.2. The Morgan fingerprint density at radius 3 is 2.33 bits per heavy atom. The van der Waals surface area contributed by atoms with Crippen molar-refractivity contribution < 1.29 is 17.9 Å². The molecule has 1 saturated heterocycles. The monoisotopic (exact) mass is 487 g/mol. The zero-order chi connectivity index (χ0) is 23.9. The van der Waals surface area contributed by atoms with E-state index in [-0.39, 0.29) is 4.90 Å². The molecular weight excluding hydrogens is 458 g/mol. The summed E-state index contributed by atoms with van der Waals surface area (Å²) >= 11 is 1.42. The summed E-state index contributed by atoms with van der Waals surface area (Å²) in [4.78, 5) is 17.9. The Morgan fingerprint density at radius 1 is 1.09 bits per heavy atom. The summed E-state index contributed by atoms with van der Waals surface area (Å²) in [7, 11) is -0.124. The molecule has 2 heterocycles. The number of thiazole rings is 1. The topological polar surface area (TPSA) is 81.0 Å². The van der Waals surface area contributed by atoms with E-state index in [2.05, 4.69) is 18.8 Å². The van der Waals surface area contributed by atoms with E-state index < -0.39 is 15.9 Å². The number of carbonyl (C=O) groups excluding carboxylic acids is 1. The van der Waals surface area contributed by atoms with Crippen molar-refractivity contribution in [3.05, 3.63) is 52.3 Å². The van der Waals surface area contributed by atoms with Gasteiger partial charge >= 0.3 is 0 Å². The summed E-state index contributed by atoms with van der Waals surface area (Å²) < 4.78 is 36.1. The van der Waals surface area contributed by atoms with Gasteiger partial charge in [-0.2, -0.15) is 9.30 Å². The Bertz CT molecular complexity index is 1360. The molecule has 2 aromatic carbocycles. The van der Waals surface area contributed by atoms with Crippen molar-refractivity contribution >= 4 is 37.5 Å². The number of benzene rings is 2. The fourth-order valence-corrected chi connectivity index (χ4v) is 7.27. The molecule has 0 N–H and O–H groups in total. The van der Waals surface area contributed by atoms with Crippen molar-refractivity contribution in [2.45, 2.75) is 32.1 Å². The standard InChI is InChI=1S/C24H29N3O4S2/c1-15-12-16(2)14-27(13-15)33(29,30)19-9-7-18(8-10-19)23(28)25-24-26(4)21-20(31-5)11-6-17(3)22(21)32-24/h6-11,15-16H,12-14H2,1-5H3. The van der Waals surface area contributed by atoms with Crippen LogP contribution in [0.15, 0.2) is 46.3 Å². The Kier molecular flexibility index (Phi) is 6.48. The Hall–Kier alpha value is -2.49. The van der Waals surface area contributed by atoms with Crippen LogP contribution < -0.4 is 9.54 Å². The van der Waals surface area contributed by atoms with E-state index in [0.717, 1.165) is 28.0 Å². The van der Waals surface area contributed by atoms with Crippen molar-refractivity contribution in [3.8, 4) is 5.75 Å².